The molecule has 0 bridgehead atoms. The zero-order valence-corrected chi connectivity index (χ0v) is 11.4. The highest BCUT2D eigenvalue weighted by molar-refractivity contribution is 7.19. The molecule has 0 fully saturated rings. The summed E-state index contributed by atoms with van der Waals surface area (Å²) >= 11 is 7.42. The molecular weight excluding hydrogens is 256 g/mol. The van der Waals surface area contributed by atoms with E-state index in [2.05, 4.69) is 24.3 Å². The molecule has 0 aliphatic carbocycles. The molecule has 2 rings (SSSR count). The maximum absolute atomic E-state index is 5.92. The van der Waals surface area contributed by atoms with Crippen molar-refractivity contribution < 1.29 is 4.52 Å². The molecule has 0 atom stereocenters. The zero-order chi connectivity index (χ0) is 12.3. The molecule has 2 aromatic rings. The third-order valence-corrected chi connectivity index (χ3v) is 3.54. The van der Waals surface area contributed by atoms with Crippen molar-refractivity contribution >= 4 is 22.9 Å². The molecule has 0 saturated heterocycles. The average molecular weight is 271 g/mol. The van der Waals surface area contributed by atoms with Crippen molar-refractivity contribution in [1.29, 1.82) is 0 Å². The molecule has 0 aliphatic heterocycles. The molecule has 0 aliphatic rings. The van der Waals surface area contributed by atoms with E-state index in [-0.39, 0.29) is 0 Å². The van der Waals surface area contributed by atoms with E-state index in [0.717, 1.165) is 33.6 Å². The number of hydrogen-bond donors (Lipinski definition) is 1. The van der Waals surface area contributed by atoms with Gasteiger partial charge in [-0.15, -0.1) is 11.3 Å². The quantitative estimate of drug-likeness (QED) is 0.898. The lowest BCUT2D eigenvalue weighted by molar-refractivity contribution is 0.432. The molecule has 92 valence electrons. The second-order valence-corrected chi connectivity index (χ2v) is 6.02. The predicted octanol–water partition coefficient (Wildman–Crippen LogP) is 3.80. The van der Waals surface area contributed by atoms with Crippen molar-refractivity contribution in [3.8, 4) is 10.6 Å². The molecule has 0 spiro atoms. The van der Waals surface area contributed by atoms with E-state index < -0.39 is 0 Å². The van der Waals surface area contributed by atoms with Crippen molar-refractivity contribution in [1.82, 2.24) is 10.5 Å². The summed E-state index contributed by atoms with van der Waals surface area (Å²) in [5.41, 5.74) is 1.07. The number of aromatic nitrogens is 1. The van der Waals surface area contributed by atoms with E-state index in [1.165, 1.54) is 11.3 Å². The second kappa shape index (κ2) is 5.67. The van der Waals surface area contributed by atoms with Crippen molar-refractivity contribution in [3.05, 3.63) is 28.2 Å². The highest BCUT2D eigenvalue weighted by Crippen LogP contribution is 2.32. The number of thiophene rings is 1. The molecule has 2 heterocycles. The van der Waals surface area contributed by atoms with Crippen LogP contribution in [0.1, 0.15) is 19.4 Å². The summed E-state index contributed by atoms with van der Waals surface area (Å²) in [6, 6.07) is 3.83. The van der Waals surface area contributed by atoms with Crippen LogP contribution in [0.3, 0.4) is 0 Å². The van der Waals surface area contributed by atoms with E-state index in [4.69, 9.17) is 16.1 Å². The summed E-state index contributed by atoms with van der Waals surface area (Å²) in [4.78, 5) is 1.02. The smallest absolute Gasteiger partial charge is 0.181 e. The number of rotatable bonds is 5. The number of nitrogens with one attached hydrogen (secondary N) is 1. The van der Waals surface area contributed by atoms with Gasteiger partial charge in [-0.05, 0) is 24.6 Å². The summed E-state index contributed by atoms with van der Waals surface area (Å²) in [7, 11) is 0. The minimum atomic E-state index is 0.634. The molecule has 0 amide bonds. The van der Waals surface area contributed by atoms with Crippen molar-refractivity contribution in [2.45, 2.75) is 20.4 Å². The highest BCUT2D eigenvalue weighted by Gasteiger charge is 2.12. The number of hydrogen-bond acceptors (Lipinski definition) is 4. The first kappa shape index (κ1) is 12.6. The fourth-order valence-corrected chi connectivity index (χ4v) is 2.58. The second-order valence-electron chi connectivity index (χ2n) is 4.31. The highest BCUT2D eigenvalue weighted by atomic mass is 35.5. The van der Waals surface area contributed by atoms with Gasteiger partial charge in [0.1, 0.15) is 0 Å². The minimum Gasteiger partial charge on any atom is -0.355 e. The Hall–Kier alpha value is -0.840. The van der Waals surface area contributed by atoms with Crippen LogP contribution in [0.25, 0.3) is 10.6 Å². The monoisotopic (exact) mass is 270 g/mol. The van der Waals surface area contributed by atoms with Gasteiger partial charge in [0.2, 0.25) is 0 Å². The topological polar surface area (TPSA) is 38.1 Å². The average Bonchev–Trinajstić information content (AvgIpc) is 2.86. The summed E-state index contributed by atoms with van der Waals surface area (Å²) in [6.07, 6.45) is 1.76. The molecule has 1 N–H and O–H groups in total. The SMILES string of the molecule is CC(C)CNCc1cnoc1-c1ccc(Cl)s1. The number of halogens is 1. The summed E-state index contributed by atoms with van der Waals surface area (Å²) in [5, 5.41) is 7.23. The predicted molar refractivity (Wildman–Crippen MR) is 71.4 cm³/mol. The van der Waals surface area contributed by atoms with Crippen LogP contribution in [-0.2, 0) is 6.54 Å². The van der Waals surface area contributed by atoms with Gasteiger partial charge in [-0.3, -0.25) is 0 Å². The standard InChI is InChI=1S/C12H15ClN2OS/c1-8(2)5-14-6-9-7-15-16-12(9)10-3-4-11(13)17-10/h3-4,7-8,14H,5-6H2,1-2H3. The van der Waals surface area contributed by atoms with Gasteiger partial charge in [-0.1, -0.05) is 30.6 Å². The summed E-state index contributed by atoms with van der Waals surface area (Å²) in [6.45, 7) is 6.11. The van der Waals surface area contributed by atoms with Gasteiger partial charge >= 0.3 is 0 Å². The van der Waals surface area contributed by atoms with Gasteiger partial charge < -0.3 is 9.84 Å². The Labute approximate surface area is 110 Å². The molecule has 0 radical (unpaired) electrons. The van der Waals surface area contributed by atoms with Gasteiger partial charge in [0.05, 0.1) is 15.4 Å². The lowest BCUT2D eigenvalue weighted by Crippen LogP contribution is -2.18. The van der Waals surface area contributed by atoms with Gasteiger partial charge in [-0.2, -0.15) is 0 Å². The molecule has 17 heavy (non-hydrogen) atoms. The van der Waals surface area contributed by atoms with E-state index >= 15 is 0 Å². The van der Waals surface area contributed by atoms with Crippen molar-refractivity contribution in [3.63, 3.8) is 0 Å². The van der Waals surface area contributed by atoms with Crippen LogP contribution in [0.4, 0.5) is 0 Å². The van der Waals surface area contributed by atoms with Crippen LogP contribution in [0.2, 0.25) is 4.34 Å². The third kappa shape index (κ3) is 3.31. The van der Waals surface area contributed by atoms with Crippen LogP contribution in [0.15, 0.2) is 22.9 Å². The van der Waals surface area contributed by atoms with E-state index in [1.807, 2.05) is 12.1 Å². The Morgan fingerprint density at radius 1 is 1.47 bits per heavy atom. The molecule has 2 aromatic heterocycles. The minimum absolute atomic E-state index is 0.634. The molecule has 0 aromatic carbocycles. The lowest BCUT2D eigenvalue weighted by atomic mass is 10.2. The first-order chi connectivity index (χ1) is 8.16. The first-order valence-electron chi connectivity index (χ1n) is 5.57. The van der Waals surface area contributed by atoms with E-state index in [9.17, 15) is 0 Å². The van der Waals surface area contributed by atoms with Crippen LogP contribution < -0.4 is 5.32 Å². The van der Waals surface area contributed by atoms with Crippen molar-refractivity contribution in [2.75, 3.05) is 6.54 Å². The lowest BCUT2D eigenvalue weighted by Gasteiger charge is -2.06. The van der Waals surface area contributed by atoms with Crippen LogP contribution in [0, 0.1) is 5.92 Å². The molecule has 3 nitrogen and oxygen atoms in total. The zero-order valence-electron chi connectivity index (χ0n) is 9.87. The Morgan fingerprint density at radius 3 is 2.94 bits per heavy atom. The maximum atomic E-state index is 5.92. The normalized spacial score (nSPS) is 11.3. The van der Waals surface area contributed by atoms with E-state index in [0.29, 0.717) is 5.92 Å². The molecular formula is C12H15ClN2OS. The Morgan fingerprint density at radius 2 is 2.29 bits per heavy atom. The van der Waals surface area contributed by atoms with Gasteiger partial charge in [0.15, 0.2) is 5.76 Å². The van der Waals surface area contributed by atoms with E-state index in [1.54, 1.807) is 6.20 Å². The fraction of sp³-hybridized carbons (Fsp3) is 0.417. The Balaban J connectivity index is 2.07. The number of nitrogens with zero attached hydrogens (tertiary/aromatic N) is 1. The van der Waals surface area contributed by atoms with Crippen LogP contribution in [-0.4, -0.2) is 11.7 Å². The molecule has 0 unspecified atom stereocenters. The summed E-state index contributed by atoms with van der Waals surface area (Å²) in [5.74, 6) is 1.45. The third-order valence-electron chi connectivity index (χ3n) is 2.31. The van der Waals surface area contributed by atoms with Crippen molar-refractivity contribution in [2.24, 2.45) is 5.92 Å². The fourth-order valence-electron chi connectivity index (χ4n) is 1.52. The van der Waals surface area contributed by atoms with Gasteiger partial charge in [0.25, 0.3) is 0 Å². The molecule has 0 saturated carbocycles. The largest absolute Gasteiger partial charge is 0.355 e. The van der Waals surface area contributed by atoms with Crippen LogP contribution >= 0.6 is 22.9 Å². The Bertz CT molecular complexity index is 478. The summed E-state index contributed by atoms with van der Waals surface area (Å²) < 4.78 is 6.04. The van der Waals surface area contributed by atoms with Gasteiger partial charge in [0, 0.05) is 12.1 Å². The van der Waals surface area contributed by atoms with Gasteiger partial charge in [-0.25, -0.2) is 0 Å². The maximum Gasteiger partial charge on any atom is 0.181 e. The molecule has 5 heteroatoms. The van der Waals surface area contributed by atoms with Crippen LogP contribution in [0.5, 0.6) is 0 Å². The first-order valence-corrected chi connectivity index (χ1v) is 6.76. The Kier molecular flexibility index (Phi) is 4.20.